The largest absolute Gasteiger partial charge is 0.316 e. The van der Waals surface area contributed by atoms with E-state index < -0.39 is 0 Å². The van der Waals surface area contributed by atoms with Crippen molar-refractivity contribution in [2.75, 3.05) is 26.2 Å². The molecule has 82 valence electrons. The van der Waals surface area contributed by atoms with Crippen LogP contribution in [-0.4, -0.2) is 41.3 Å². The van der Waals surface area contributed by atoms with E-state index in [9.17, 15) is 0 Å². The molecule has 0 aromatic carbocycles. The average Bonchev–Trinajstić information content (AvgIpc) is 2.81. The van der Waals surface area contributed by atoms with Gasteiger partial charge in [-0.2, -0.15) is 0 Å². The van der Waals surface area contributed by atoms with Crippen LogP contribution in [0.25, 0.3) is 0 Å². The molecule has 0 aliphatic carbocycles. The zero-order chi connectivity index (χ0) is 10.3. The molecule has 0 amide bonds. The zero-order valence-corrected chi connectivity index (χ0v) is 9.89. The van der Waals surface area contributed by atoms with E-state index in [1.165, 1.54) is 37.5 Å². The van der Waals surface area contributed by atoms with Crippen LogP contribution in [0.1, 0.15) is 5.01 Å². The van der Waals surface area contributed by atoms with Crippen LogP contribution in [0.3, 0.4) is 0 Å². The Bertz CT molecular complexity index is 344. The monoisotopic (exact) mass is 244 g/mol. The van der Waals surface area contributed by atoms with Gasteiger partial charge in [0.1, 0.15) is 5.01 Å². The van der Waals surface area contributed by atoms with Crippen LogP contribution < -0.4 is 5.32 Å². The molecule has 1 aromatic heterocycles. The Labute approximate surface area is 97.6 Å². The molecule has 0 radical (unpaired) electrons. The summed E-state index contributed by atoms with van der Waals surface area (Å²) in [7, 11) is 0. The summed E-state index contributed by atoms with van der Waals surface area (Å²) in [6.07, 6.45) is 0. The smallest absolute Gasteiger partial charge is 0.207 e. The van der Waals surface area contributed by atoms with Crippen molar-refractivity contribution in [2.24, 2.45) is 11.8 Å². The first-order valence-corrected chi connectivity index (χ1v) is 6.41. The van der Waals surface area contributed by atoms with Crippen molar-refractivity contribution in [3.63, 3.8) is 0 Å². The lowest BCUT2D eigenvalue weighted by molar-refractivity contribution is 0.304. The highest BCUT2D eigenvalue weighted by Crippen LogP contribution is 2.28. The highest BCUT2D eigenvalue weighted by molar-refractivity contribution is 7.15. The van der Waals surface area contributed by atoms with Gasteiger partial charge in [0.25, 0.3) is 0 Å². The number of fused-ring (bicyclic) bond motifs is 1. The van der Waals surface area contributed by atoms with E-state index in [0.717, 1.165) is 23.4 Å². The molecule has 3 rings (SSSR count). The fourth-order valence-electron chi connectivity index (χ4n) is 2.57. The van der Waals surface area contributed by atoms with Crippen molar-refractivity contribution in [3.8, 4) is 0 Å². The molecule has 2 aliphatic heterocycles. The van der Waals surface area contributed by atoms with Gasteiger partial charge in [-0.3, -0.25) is 4.90 Å². The first-order chi connectivity index (χ1) is 7.31. The number of rotatable bonds is 2. The van der Waals surface area contributed by atoms with Gasteiger partial charge in [-0.1, -0.05) is 11.3 Å². The van der Waals surface area contributed by atoms with Crippen LogP contribution in [0.15, 0.2) is 0 Å². The summed E-state index contributed by atoms with van der Waals surface area (Å²) < 4.78 is 0.547. The van der Waals surface area contributed by atoms with Gasteiger partial charge in [0.15, 0.2) is 0 Å². The molecule has 1 aromatic rings. The number of halogens is 1. The lowest BCUT2D eigenvalue weighted by Gasteiger charge is -2.14. The number of nitrogens with zero attached hydrogens (tertiary/aromatic N) is 3. The lowest BCUT2D eigenvalue weighted by Crippen LogP contribution is -2.25. The second kappa shape index (κ2) is 3.97. The Kier molecular flexibility index (Phi) is 2.64. The molecule has 1 N–H and O–H groups in total. The summed E-state index contributed by atoms with van der Waals surface area (Å²) >= 11 is 7.25. The molecule has 2 aliphatic rings. The molecule has 15 heavy (non-hydrogen) atoms. The molecule has 6 heteroatoms. The van der Waals surface area contributed by atoms with Crippen LogP contribution >= 0.6 is 22.9 Å². The zero-order valence-electron chi connectivity index (χ0n) is 8.32. The van der Waals surface area contributed by atoms with Crippen molar-refractivity contribution in [2.45, 2.75) is 6.54 Å². The van der Waals surface area contributed by atoms with E-state index in [2.05, 4.69) is 20.4 Å². The van der Waals surface area contributed by atoms with Gasteiger partial charge in [0, 0.05) is 13.1 Å². The third-order valence-corrected chi connectivity index (χ3v) is 4.27. The maximum Gasteiger partial charge on any atom is 0.207 e. The molecule has 0 spiro atoms. The Morgan fingerprint density at radius 3 is 2.67 bits per heavy atom. The summed E-state index contributed by atoms with van der Waals surface area (Å²) in [4.78, 5) is 2.47. The van der Waals surface area contributed by atoms with Crippen LogP contribution in [0.2, 0.25) is 4.47 Å². The van der Waals surface area contributed by atoms with E-state index in [-0.39, 0.29) is 0 Å². The van der Waals surface area contributed by atoms with E-state index in [4.69, 9.17) is 11.6 Å². The number of hydrogen-bond donors (Lipinski definition) is 1. The van der Waals surface area contributed by atoms with Crippen molar-refractivity contribution in [1.29, 1.82) is 0 Å². The molecule has 0 saturated carbocycles. The topological polar surface area (TPSA) is 41.1 Å². The van der Waals surface area contributed by atoms with E-state index >= 15 is 0 Å². The minimum absolute atomic E-state index is 0.547. The molecule has 2 fully saturated rings. The molecule has 2 unspecified atom stereocenters. The fourth-order valence-corrected chi connectivity index (χ4v) is 3.48. The Morgan fingerprint density at radius 2 is 2.07 bits per heavy atom. The molecule has 0 bridgehead atoms. The van der Waals surface area contributed by atoms with Gasteiger partial charge in [-0.15, -0.1) is 10.2 Å². The number of aromatic nitrogens is 2. The first-order valence-electron chi connectivity index (χ1n) is 5.22. The number of nitrogens with one attached hydrogen (secondary N) is 1. The predicted molar refractivity (Wildman–Crippen MR) is 60.0 cm³/mol. The maximum atomic E-state index is 5.76. The van der Waals surface area contributed by atoms with E-state index in [0.29, 0.717) is 4.47 Å². The molecule has 3 heterocycles. The first kappa shape index (κ1) is 9.96. The predicted octanol–water partition coefficient (Wildman–Crippen LogP) is 0.843. The number of hydrogen-bond acceptors (Lipinski definition) is 5. The van der Waals surface area contributed by atoms with Gasteiger partial charge >= 0.3 is 0 Å². The van der Waals surface area contributed by atoms with Crippen LogP contribution in [0.5, 0.6) is 0 Å². The highest BCUT2D eigenvalue weighted by Gasteiger charge is 2.36. The minimum Gasteiger partial charge on any atom is -0.316 e. The van der Waals surface area contributed by atoms with Gasteiger partial charge < -0.3 is 5.32 Å². The SMILES string of the molecule is Clc1nnc(CN2CC3CNCC3C2)s1. The van der Waals surface area contributed by atoms with Gasteiger partial charge in [-0.05, 0) is 36.5 Å². The van der Waals surface area contributed by atoms with E-state index in [1.54, 1.807) is 0 Å². The van der Waals surface area contributed by atoms with Crippen molar-refractivity contribution in [1.82, 2.24) is 20.4 Å². The van der Waals surface area contributed by atoms with Crippen LogP contribution in [0.4, 0.5) is 0 Å². The third kappa shape index (κ3) is 2.01. The standard InChI is InChI=1S/C9H13ClN4S/c10-9-13-12-8(15-9)5-14-3-6-1-11-2-7(6)4-14/h6-7,11H,1-5H2. The van der Waals surface area contributed by atoms with Crippen molar-refractivity contribution >= 4 is 22.9 Å². The van der Waals surface area contributed by atoms with Gasteiger partial charge in [0.05, 0.1) is 6.54 Å². The Morgan fingerprint density at radius 1 is 1.33 bits per heavy atom. The van der Waals surface area contributed by atoms with Crippen molar-refractivity contribution < 1.29 is 0 Å². The summed E-state index contributed by atoms with van der Waals surface area (Å²) in [5.41, 5.74) is 0. The molecule has 2 saturated heterocycles. The quantitative estimate of drug-likeness (QED) is 0.837. The minimum atomic E-state index is 0.547. The fraction of sp³-hybridized carbons (Fsp3) is 0.778. The van der Waals surface area contributed by atoms with Crippen LogP contribution in [-0.2, 0) is 6.54 Å². The summed E-state index contributed by atoms with van der Waals surface area (Å²) in [6, 6.07) is 0. The van der Waals surface area contributed by atoms with Gasteiger partial charge in [0.2, 0.25) is 4.47 Å². The molecule has 2 atom stereocenters. The molecular weight excluding hydrogens is 232 g/mol. The molecular formula is C9H13ClN4S. The lowest BCUT2D eigenvalue weighted by atomic mass is 10.0. The Balaban J connectivity index is 1.61. The summed E-state index contributed by atoms with van der Waals surface area (Å²) in [5.74, 6) is 1.68. The summed E-state index contributed by atoms with van der Waals surface area (Å²) in [6.45, 7) is 5.65. The highest BCUT2D eigenvalue weighted by atomic mass is 35.5. The van der Waals surface area contributed by atoms with Gasteiger partial charge in [-0.25, -0.2) is 0 Å². The number of likely N-dealkylation sites (tertiary alicyclic amines) is 1. The van der Waals surface area contributed by atoms with Crippen molar-refractivity contribution in [3.05, 3.63) is 9.47 Å². The van der Waals surface area contributed by atoms with Crippen LogP contribution in [0, 0.1) is 11.8 Å². The third-order valence-electron chi connectivity index (χ3n) is 3.27. The van der Waals surface area contributed by atoms with E-state index in [1.807, 2.05) is 0 Å². The maximum absolute atomic E-state index is 5.76. The summed E-state index contributed by atoms with van der Waals surface area (Å²) in [5, 5.41) is 12.4. The molecule has 4 nitrogen and oxygen atoms in total. The normalized spacial score (nSPS) is 31.0. The Hall–Kier alpha value is -0.230. The average molecular weight is 245 g/mol. The second-order valence-corrected chi connectivity index (χ2v) is 5.97. The second-order valence-electron chi connectivity index (χ2n) is 4.32.